The highest BCUT2D eigenvalue weighted by molar-refractivity contribution is 5.04. The van der Waals surface area contributed by atoms with Crippen molar-refractivity contribution < 1.29 is 23.7 Å². The van der Waals surface area contributed by atoms with Crippen LogP contribution in [0.25, 0.3) is 0 Å². The van der Waals surface area contributed by atoms with E-state index in [1.165, 1.54) is 0 Å². The molecule has 3 heterocycles. The third-order valence-corrected chi connectivity index (χ3v) is 3.67. The minimum atomic E-state index is -0.587. The van der Waals surface area contributed by atoms with Crippen LogP contribution in [0.5, 0.6) is 0 Å². The smallest absolute Gasteiger partial charge is 0.163 e. The highest BCUT2D eigenvalue weighted by Crippen LogP contribution is 2.41. The summed E-state index contributed by atoms with van der Waals surface area (Å²) in [6, 6.07) is 0. The molecule has 0 aromatic heterocycles. The molecule has 3 aliphatic heterocycles. The van der Waals surface area contributed by atoms with Gasteiger partial charge >= 0.3 is 0 Å². The second kappa shape index (κ2) is 4.19. The molecule has 0 aromatic rings. The van der Waals surface area contributed by atoms with E-state index >= 15 is 0 Å². The van der Waals surface area contributed by atoms with Crippen LogP contribution in [0.2, 0.25) is 0 Å². The summed E-state index contributed by atoms with van der Waals surface area (Å²) in [5.41, 5.74) is 0. The van der Waals surface area contributed by atoms with Gasteiger partial charge in [0.2, 0.25) is 0 Å². The van der Waals surface area contributed by atoms with Crippen LogP contribution >= 0.6 is 0 Å². The van der Waals surface area contributed by atoms with Gasteiger partial charge in [0.05, 0.1) is 18.5 Å². The van der Waals surface area contributed by atoms with E-state index in [-0.39, 0.29) is 24.4 Å². The summed E-state index contributed by atoms with van der Waals surface area (Å²) in [7, 11) is 0. The Morgan fingerprint density at radius 2 is 1.63 bits per heavy atom. The minimum Gasteiger partial charge on any atom is -0.490 e. The molecule has 3 fully saturated rings. The Morgan fingerprint density at radius 3 is 2.26 bits per heavy atom. The van der Waals surface area contributed by atoms with E-state index < -0.39 is 11.6 Å². The van der Waals surface area contributed by atoms with E-state index in [4.69, 9.17) is 23.7 Å². The van der Waals surface area contributed by atoms with Crippen LogP contribution in [0.15, 0.2) is 12.3 Å². The van der Waals surface area contributed by atoms with Gasteiger partial charge in [0.25, 0.3) is 0 Å². The predicted molar refractivity (Wildman–Crippen MR) is 67.4 cm³/mol. The van der Waals surface area contributed by atoms with Crippen molar-refractivity contribution in [1.82, 2.24) is 0 Å². The normalized spacial score (nSPS) is 43.9. The zero-order valence-corrected chi connectivity index (χ0v) is 12.0. The Labute approximate surface area is 113 Å². The van der Waals surface area contributed by atoms with E-state index in [9.17, 15) is 0 Å². The molecule has 0 aromatic carbocycles. The van der Waals surface area contributed by atoms with Crippen LogP contribution in [0.3, 0.4) is 0 Å². The Balaban J connectivity index is 1.78. The van der Waals surface area contributed by atoms with Crippen LogP contribution < -0.4 is 0 Å². The fraction of sp³-hybridized carbons (Fsp3) is 0.857. The lowest BCUT2D eigenvalue weighted by Gasteiger charge is -2.36. The molecule has 5 heteroatoms. The van der Waals surface area contributed by atoms with Crippen LogP contribution in [0, 0.1) is 0 Å². The van der Waals surface area contributed by atoms with Crippen molar-refractivity contribution in [2.24, 2.45) is 0 Å². The van der Waals surface area contributed by atoms with Crippen LogP contribution in [0.4, 0.5) is 0 Å². The van der Waals surface area contributed by atoms with Gasteiger partial charge < -0.3 is 23.7 Å². The molecular weight excluding hydrogens is 248 g/mol. The first kappa shape index (κ1) is 13.4. The zero-order valence-electron chi connectivity index (χ0n) is 12.0. The topological polar surface area (TPSA) is 46.2 Å². The molecule has 0 bridgehead atoms. The van der Waals surface area contributed by atoms with Gasteiger partial charge in [-0.2, -0.15) is 0 Å². The molecule has 3 saturated heterocycles. The summed E-state index contributed by atoms with van der Waals surface area (Å²) >= 11 is 0. The fourth-order valence-electron chi connectivity index (χ4n) is 3.00. The second-order valence-corrected chi connectivity index (χ2v) is 6.33. The van der Waals surface area contributed by atoms with E-state index in [1.54, 1.807) is 0 Å². The standard InChI is InChI=1S/C14H22O5/c1-8-6-9-12(19-14(4,5)17-9)11(16-8)10-7-15-13(2,3)18-10/h9-12H,1,6-7H2,2-5H3/t9-,10-,11-,12-/m1/s1. The molecule has 19 heavy (non-hydrogen) atoms. The summed E-state index contributed by atoms with van der Waals surface area (Å²) in [6.45, 7) is 12.1. The second-order valence-electron chi connectivity index (χ2n) is 6.33. The summed E-state index contributed by atoms with van der Waals surface area (Å²) in [6.07, 6.45) is 0.130. The van der Waals surface area contributed by atoms with Gasteiger partial charge in [0.15, 0.2) is 17.7 Å². The first-order valence-electron chi connectivity index (χ1n) is 6.78. The van der Waals surface area contributed by atoms with Crippen molar-refractivity contribution in [3.8, 4) is 0 Å². The Morgan fingerprint density at radius 1 is 0.947 bits per heavy atom. The van der Waals surface area contributed by atoms with Crippen molar-refractivity contribution >= 4 is 0 Å². The first-order valence-corrected chi connectivity index (χ1v) is 6.78. The summed E-state index contributed by atoms with van der Waals surface area (Å²) in [5, 5.41) is 0. The van der Waals surface area contributed by atoms with Gasteiger partial charge in [-0.05, 0) is 27.7 Å². The van der Waals surface area contributed by atoms with Crippen LogP contribution in [-0.2, 0) is 23.7 Å². The first-order chi connectivity index (χ1) is 8.76. The molecule has 0 amide bonds. The summed E-state index contributed by atoms with van der Waals surface area (Å²) in [5.74, 6) is -0.436. The molecule has 4 atom stereocenters. The Hall–Kier alpha value is -0.620. The molecule has 0 spiro atoms. The highest BCUT2D eigenvalue weighted by atomic mass is 16.8. The average Bonchev–Trinajstić information content (AvgIpc) is 2.75. The SMILES string of the molecule is C=C1C[C@H]2OC(C)(C)O[C@H]2[C@@H]([C@H]2COC(C)(C)O2)O1. The number of ether oxygens (including phenoxy) is 5. The van der Waals surface area contributed by atoms with E-state index in [0.717, 1.165) is 5.76 Å². The summed E-state index contributed by atoms with van der Waals surface area (Å²) < 4.78 is 29.2. The number of fused-ring (bicyclic) bond motifs is 1. The van der Waals surface area contributed by atoms with Crippen molar-refractivity contribution in [1.29, 1.82) is 0 Å². The van der Waals surface area contributed by atoms with Crippen molar-refractivity contribution in [2.75, 3.05) is 6.61 Å². The fourth-order valence-corrected chi connectivity index (χ4v) is 3.00. The van der Waals surface area contributed by atoms with E-state index in [1.807, 2.05) is 27.7 Å². The lowest BCUT2D eigenvalue weighted by molar-refractivity contribution is -0.182. The monoisotopic (exact) mass is 270 g/mol. The molecule has 3 rings (SSSR count). The maximum atomic E-state index is 5.97. The lowest BCUT2D eigenvalue weighted by atomic mass is 9.97. The van der Waals surface area contributed by atoms with Gasteiger partial charge in [-0.3, -0.25) is 0 Å². The maximum Gasteiger partial charge on any atom is 0.163 e. The molecule has 5 nitrogen and oxygen atoms in total. The molecule has 0 aliphatic carbocycles. The molecule has 108 valence electrons. The van der Waals surface area contributed by atoms with Crippen LogP contribution in [-0.4, -0.2) is 42.6 Å². The number of hydrogen-bond donors (Lipinski definition) is 0. The quantitative estimate of drug-likeness (QED) is 0.729. The zero-order chi connectivity index (χ0) is 13.8. The number of rotatable bonds is 1. The largest absolute Gasteiger partial charge is 0.490 e. The molecule has 0 radical (unpaired) electrons. The van der Waals surface area contributed by atoms with Gasteiger partial charge in [0.1, 0.15) is 12.2 Å². The minimum absolute atomic E-state index is 0.0198. The number of hydrogen-bond acceptors (Lipinski definition) is 5. The van der Waals surface area contributed by atoms with Gasteiger partial charge in [-0.1, -0.05) is 6.58 Å². The van der Waals surface area contributed by atoms with Crippen molar-refractivity contribution in [3.05, 3.63) is 12.3 Å². The Bertz CT molecular complexity index is 389. The molecule has 0 N–H and O–H groups in total. The van der Waals surface area contributed by atoms with Gasteiger partial charge in [-0.25, -0.2) is 0 Å². The maximum absolute atomic E-state index is 5.97. The van der Waals surface area contributed by atoms with Gasteiger partial charge in [0, 0.05) is 6.42 Å². The third kappa shape index (κ3) is 2.52. The molecule has 3 aliphatic rings. The van der Waals surface area contributed by atoms with E-state index in [0.29, 0.717) is 13.0 Å². The van der Waals surface area contributed by atoms with E-state index in [2.05, 4.69) is 6.58 Å². The van der Waals surface area contributed by atoms with Crippen molar-refractivity contribution in [3.63, 3.8) is 0 Å². The van der Waals surface area contributed by atoms with Crippen LogP contribution in [0.1, 0.15) is 34.1 Å². The lowest BCUT2D eigenvalue weighted by Crippen LogP contribution is -2.49. The Kier molecular flexibility index (Phi) is 2.94. The highest BCUT2D eigenvalue weighted by Gasteiger charge is 2.53. The predicted octanol–water partition coefficient (Wildman–Crippen LogP) is 1.96. The molecular formula is C14H22O5. The summed E-state index contributed by atoms with van der Waals surface area (Å²) in [4.78, 5) is 0. The average molecular weight is 270 g/mol. The molecule has 0 unspecified atom stereocenters. The third-order valence-electron chi connectivity index (χ3n) is 3.67. The molecule has 0 saturated carbocycles. The van der Waals surface area contributed by atoms with Crippen molar-refractivity contribution in [2.45, 2.75) is 70.1 Å². The van der Waals surface area contributed by atoms with Gasteiger partial charge in [-0.15, -0.1) is 0 Å².